The summed E-state index contributed by atoms with van der Waals surface area (Å²) in [6.45, 7) is 1.35. The molecule has 0 bridgehead atoms. The van der Waals surface area contributed by atoms with E-state index in [0.29, 0.717) is 36.8 Å². The van der Waals surface area contributed by atoms with E-state index in [-0.39, 0.29) is 24.2 Å². The van der Waals surface area contributed by atoms with Gasteiger partial charge in [0.1, 0.15) is 23.4 Å². The molecule has 1 saturated heterocycles. The molecule has 3 rings (SSSR count). The number of carbonyl (C=O) groups is 1. The number of benzene rings is 1. The van der Waals surface area contributed by atoms with Gasteiger partial charge >= 0.3 is 0 Å². The maximum atomic E-state index is 13.3. The molecular formula is C17H19FN4O2. The number of nitrogens with zero attached hydrogens (tertiary/aromatic N) is 3. The van der Waals surface area contributed by atoms with Gasteiger partial charge in [0.2, 0.25) is 5.91 Å². The fourth-order valence-electron chi connectivity index (χ4n) is 2.75. The number of rotatable bonds is 4. The molecule has 1 aromatic carbocycles. The quantitative estimate of drug-likeness (QED) is 0.926. The fourth-order valence-corrected chi connectivity index (χ4v) is 2.75. The molecule has 126 valence electrons. The minimum absolute atomic E-state index is 0.0520. The van der Waals surface area contributed by atoms with Crippen LogP contribution in [0.3, 0.4) is 0 Å². The smallest absolute Gasteiger partial charge is 0.227 e. The number of carbonyl (C=O) groups excluding carboxylic acids is 1. The summed E-state index contributed by atoms with van der Waals surface area (Å²) >= 11 is 0. The first-order chi connectivity index (χ1) is 11.7. The number of halogens is 1. The molecule has 1 aromatic heterocycles. The maximum Gasteiger partial charge on any atom is 0.227 e. The molecule has 1 amide bonds. The van der Waals surface area contributed by atoms with Crippen LogP contribution in [0, 0.1) is 5.82 Å². The van der Waals surface area contributed by atoms with Crippen LogP contribution in [0.5, 0.6) is 0 Å². The number of aromatic nitrogens is 2. The number of morpholine rings is 1. The Morgan fingerprint density at radius 3 is 3.04 bits per heavy atom. The van der Waals surface area contributed by atoms with Crippen molar-refractivity contribution in [1.29, 1.82) is 0 Å². The number of nitrogens with one attached hydrogen (secondary N) is 1. The molecular weight excluding hydrogens is 311 g/mol. The van der Waals surface area contributed by atoms with Crippen LogP contribution in [-0.2, 0) is 16.0 Å². The molecule has 7 heteroatoms. The van der Waals surface area contributed by atoms with Gasteiger partial charge in [-0.1, -0.05) is 12.1 Å². The van der Waals surface area contributed by atoms with Crippen LogP contribution in [0.15, 0.2) is 36.7 Å². The summed E-state index contributed by atoms with van der Waals surface area (Å²) in [5.41, 5.74) is 1.35. The maximum absolute atomic E-state index is 13.3. The first kappa shape index (κ1) is 16.3. The van der Waals surface area contributed by atoms with Gasteiger partial charge in [-0.3, -0.25) is 9.78 Å². The van der Waals surface area contributed by atoms with E-state index in [0.717, 1.165) is 0 Å². The molecule has 0 radical (unpaired) electrons. The molecule has 2 heterocycles. The van der Waals surface area contributed by atoms with E-state index in [1.165, 1.54) is 12.1 Å². The van der Waals surface area contributed by atoms with Crippen LogP contribution in [0.1, 0.15) is 17.4 Å². The van der Waals surface area contributed by atoms with E-state index in [4.69, 9.17) is 4.74 Å². The third kappa shape index (κ3) is 3.68. The van der Waals surface area contributed by atoms with Gasteiger partial charge in [-0.2, -0.15) is 0 Å². The summed E-state index contributed by atoms with van der Waals surface area (Å²) in [6, 6.07) is 6.11. The van der Waals surface area contributed by atoms with Crippen molar-refractivity contribution in [2.45, 2.75) is 12.5 Å². The summed E-state index contributed by atoms with van der Waals surface area (Å²) in [5.74, 6) is 0.254. The largest absolute Gasteiger partial charge is 0.372 e. The predicted molar refractivity (Wildman–Crippen MR) is 87.0 cm³/mol. The lowest BCUT2D eigenvalue weighted by Gasteiger charge is -2.33. The predicted octanol–water partition coefficient (Wildman–Crippen LogP) is 1.80. The van der Waals surface area contributed by atoms with Crippen LogP contribution in [0.2, 0.25) is 0 Å². The average Bonchev–Trinajstić information content (AvgIpc) is 2.62. The van der Waals surface area contributed by atoms with Crippen LogP contribution in [0.4, 0.5) is 10.2 Å². The van der Waals surface area contributed by atoms with Gasteiger partial charge in [-0.15, -0.1) is 0 Å². The van der Waals surface area contributed by atoms with Crippen molar-refractivity contribution in [1.82, 2.24) is 14.9 Å². The number of ether oxygens (including phenoxy) is 1. The number of amides is 1. The zero-order chi connectivity index (χ0) is 16.9. The van der Waals surface area contributed by atoms with Gasteiger partial charge in [0.05, 0.1) is 19.6 Å². The molecule has 1 atom stereocenters. The van der Waals surface area contributed by atoms with Crippen molar-refractivity contribution < 1.29 is 13.9 Å². The molecule has 0 spiro atoms. The Morgan fingerprint density at radius 1 is 1.42 bits per heavy atom. The molecule has 2 aromatic rings. The highest BCUT2D eigenvalue weighted by atomic mass is 19.1. The van der Waals surface area contributed by atoms with E-state index in [1.807, 2.05) is 0 Å². The third-order valence-corrected chi connectivity index (χ3v) is 3.93. The molecule has 6 nitrogen and oxygen atoms in total. The van der Waals surface area contributed by atoms with Crippen molar-refractivity contribution in [2.24, 2.45) is 0 Å². The van der Waals surface area contributed by atoms with Crippen molar-refractivity contribution >= 4 is 11.7 Å². The molecule has 0 aliphatic carbocycles. The summed E-state index contributed by atoms with van der Waals surface area (Å²) in [6.07, 6.45) is 3.05. The van der Waals surface area contributed by atoms with Crippen molar-refractivity contribution in [2.75, 3.05) is 32.1 Å². The lowest BCUT2D eigenvalue weighted by molar-refractivity contribution is -0.138. The third-order valence-electron chi connectivity index (χ3n) is 3.93. The Kier molecular flexibility index (Phi) is 5.00. The van der Waals surface area contributed by atoms with Crippen LogP contribution >= 0.6 is 0 Å². The van der Waals surface area contributed by atoms with Gasteiger partial charge in [-0.05, 0) is 17.7 Å². The van der Waals surface area contributed by atoms with Crippen molar-refractivity contribution in [3.05, 3.63) is 53.7 Å². The molecule has 1 aliphatic rings. The van der Waals surface area contributed by atoms with E-state index in [9.17, 15) is 9.18 Å². The zero-order valence-corrected chi connectivity index (χ0v) is 13.4. The summed E-state index contributed by atoms with van der Waals surface area (Å²) in [7, 11) is 1.77. The lowest BCUT2D eigenvalue weighted by atomic mass is 10.1. The number of hydrogen-bond acceptors (Lipinski definition) is 5. The van der Waals surface area contributed by atoms with Crippen molar-refractivity contribution in [3.63, 3.8) is 0 Å². The minimum Gasteiger partial charge on any atom is -0.372 e. The first-order valence-electron chi connectivity index (χ1n) is 7.80. The standard InChI is InChI=1S/C17H19FN4O2/c1-19-17-16(20-5-6-21-17)14-11-22(7-8-24-14)15(23)10-12-3-2-4-13(18)9-12/h2-6,9,14H,7-8,10-11H2,1H3,(H,19,21). The first-order valence-corrected chi connectivity index (χ1v) is 7.80. The minimum atomic E-state index is -0.335. The van der Waals surface area contributed by atoms with Crippen LogP contribution < -0.4 is 5.32 Å². The number of anilines is 1. The Balaban J connectivity index is 1.70. The molecule has 1 unspecified atom stereocenters. The van der Waals surface area contributed by atoms with Gasteiger partial charge in [0, 0.05) is 26.0 Å². The monoisotopic (exact) mass is 330 g/mol. The number of hydrogen-bond donors (Lipinski definition) is 1. The Morgan fingerprint density at radius 2 is 2.25 bits per heavy atom. The van der Waals surface area contributed by atoms with Gasteiger partial charge in [-0.25, -0.2) is 9.37 Å². The molecule has 1 fully saturated rings. The summed E-state index contributed by atoms with van der Waals surface area (Å²) < 4.78 is 19.0. The SMILES string of the molecule is CNc1nccnc1C1CN(C(=O)Cc2cccc(F)c2)CCO1. The molecule has 0 saturated carbocycles. The highest BCUT2D eigenvalue weighted by molar-refractivity contribution is 5.79. The molecule has 1 aliphatic heterocycles. The van der Waals surface area contributed by atoms with E-state index >= 15 is 0 Å². The summed E-state index contributed by atoms with van der Waals surface area (Å²) in [5, 5.41) is 2.98. The highest BCUT2D eigenvalue weighted by Gasteiger charge is 2.28. The Labute approximate surface area is 139 Å². The Hall–Kier alpha value is -2.54. The fraction of sp³-hybridized carbons (Fsp3) is 0.353. The van der Waals surface area contributed by atoms with Crippen LogP contribution in [-0.4, -0.2) is 47.5 Å². The van der Waals surface area contributed by atoms with Gasteiger partial charge in [0.25, 0.3) is 0 Å². The molecule has 24 heavy (non-hydrogen) atoms. The topological polar surface area (TPSA) is 67.4 Å². The highest BCUT2D eigenvalue weighted by Crippen LogP contribution is 2.25. The molecule has 1 N–H and O–H groups in total. The van der Waals surface area contributed by atoms with Gasteiger partial charge < -0.3 is 15.0 Å². The van der Waals surface area contributed by atoms with E-state index in [1.54, 1.807) is 36.5 Å². The van der Waals surface area contributed by atoms with Gasteiger partial charge in [0.15, 0.2) is 0 Å². The van der Waals surface area contributed by atoms with Crippen molar-refractivity contribution in [3.8, 4) is 0 Å². The Bertz CT molecular complexity index is 725. The second-order valence-electron chi connectivity index (χ2n) is 5.55. The second-order valence-corrected chi connectivity index (χ2v) is 5.55. The normalized spacial score (nSPS) is 17.6. The van der Waals surface area contributed by atoms with E-state index in [2.05, 4.69) is 15.3 Å². The van der Waals surface area contributed by atoms with Crippen LogP contribution in [0.25, 0.3) is 0 Å². The zero-order valence-electron chi connectivity index (χ0n) is 13.4. The second kappa shape index (κ2) is 7.35. The van der Waals surface area contributed by atoms with E-state index < -0.39 is 0 Å². The average molecular weight is 330 g/mol. The summed E-state index contributed by atoms with van der Waals surface area (Å²) in [4.78, 5) is 22.8. The lowest BCUT2D eigenvalue weighted by Crippen LogP contribution is -2.43.